The first-order valence-corrected chi connectivity index (χ1v) is 4.60. The van der Waals surface area contributed by atoms with E-state index in [9.17, 15) is 4.79 Å². The van der Waals surface area contributed by atoms with Gasteiger partial charge in [-0.15, -0.1) is 0 Å². The predicted octanol–water partition coefficient (Wildman–Crippen LogP) is 1.79. The highest BCUT2D eigenvalue weighted by atomic mass is 16.5. The third-order valence-electron chi connectivity index (χ3n) is 1.44. The minimum atomic E-state index is -0.325. The zero-order chi connectivity index (χ0) is 10.8. The Bertz CT molecular complexity index is 252. The summed E-state index contributed by atoms with van der Waals surface area (Å²) in [7, 11) is 1.80. The molecule has 3 heteroatoms. The molecule has 0 unspecified atom stereocenters. The summed E-state index contributed by atoms with van der Waals surface area (Å²) in [6, 6.07) is 0. The number of allylic oxidation sites excluding steroid dienone is 4. The Kier molecular flexibility index (Phi) is 7.23. The van der Waals surface area contributed by atoms with E-state index in [-0.39, 0.29) is 5.97 Å². The molecule has 78 valence electrons. The maximum absolute atomic E-state index is 11.0. The van der Waals surface area contributed by atoms with Crippen LogP contribution in [0.25, 0.3) is 0 Å². The molecule has 0 saturated heterocycles. The number of hydrogen-bond acceptors (Lipinski definition) is 3. The van der Waals surface area contributed by atoms with E-state index in [0.717, 1.165) is 5.70 Å². The lowest BCUT2D eigenvalue weighted by Gasteiger charge is -1.98. The SMILES string of the molecule is C\C=C/C=C(/C=C/C(=O)OCC)NC. The smallest absolute Gasteiger partial charge is 0.330 e. The maximum Gasteiger partial charge on any atom is 0.330 e. The lowest BCUT2D eigenvalue weighted by atomic mass is 10.3. The molecule has 0 heterocycles. The number of rotatable bonds is 5. The van der Waals surface area contributed by atoms with Crippen LogP contribution in [0.4, 0.5) is 0 Å². The van der Waals surface area contributed by atoms with Gasteiger partial charge in [0.05, 0.1) is 6.61 Å². The molecule has 0 aliphatic heterocycles. The normalized spacial score (nSPS) is 12.4. The van der Waals surface area contributed by atoms with Gasteiger partial charge in [-0.3, -0.25) is 0 Å². The van der Waals surface area contributed by atoms with Gasteiger partial charge < -0.3 is 10.1 Å². The van der Waals surface area contributed by atoms with E-state index >= 15 is 0 Å². The molecule has 0 aromatic rings. The number of esters is 1. The van der Waals surface area contributed by atoms with Gasteiger partial charge in [0.15, 0.2) is 0 Å². The van der Waals surface area contributed by atoms with E-state index in [4.69, 9.17) is 4.74 Å². The van der Waals surface area contributed by atoms with Crippen LogP contribution in [0, 0.1) is 0 Å². The highest BCUT2D eigenvalue weighted by molar-refractivity contribution is 5.82. The lowest BCUT2D eigenvalue weighted by Crippen LogP contribution is -2.04. The van der Waals surface area contributed by atoms with Crippen molar-refractivity contribution in [2.45, 2.75) is 13.8 Å². The third-order valence-corrected chi connectivity index (χ3v) is 1.44. The molecule has 0 saturated carbocycles. The van der Waals surface area contributed by atoms with Crippen LogP contribution in [0.15, 0.2) is 36.1 Å². The average molecular weight is 195 g/mol. The van der Waals surface area contributed by atoms with E-state index in [2.05, 4.69) is 5.32 Å². The standard InChI is InChI=1S/C11H17NO2/c1-4-6-7-10(12-3)8-9-11(13)14-5-2/h4,6-9,12H,5H2,1-3H3/b6-4-,9-8+,10-7-. The Balaban J connectivity index is 4.23. The van der Waals surface area contributed by atoms with Crippen LogP contribution in [-0.4, -0.2) is 19.6 Å². The van der Waals surface area contributed by atoms with Gasteiger partial charge in [-0.1, -0.05) is 12.2 Å². The summed E-state index contributed by atoms with van der Waals surface area (Å²) in [5.41, 5.74) is 0.858. The van der Waals surface area contributed by atoms with Crippen LogP contribution in [-0.2, 0) is 9.53 Å². The van der Waals surface area contributed by atoms with Crippen LogP contribution in [0.2, 0.25) is 0 Å². The highest BCUT2D eigenvalue weighted by Crippen LogP contribution is 1.93. The van der Waals surface area contributed by atoms with Crippen molar-refractivity contribution in [3.63, 3.8) is 0 Å². The van der Waals surface area contributed by atoms with Gasteiger partial charge in [0.2, 0.25) is 0 Å². The Hall–Kier alpha value is -1.51. The van der Waals surface area contributed by atoms with Gasteiger partial charge in [-0.2, -0.15) is 0 Å². The summed E-state index contributed by atoms with van der Waals surface area (Å²) in [6.07, 6.45) is 8.75. The van der Waals surface area contributed by atoms with Gasteiger partial charge in [-0.25, -0.2) is 4.79 Å². The molecule has 14 heavy (non-hydrogen) atoms. The molecule has 0 aromatic carbocycles. The fourth-order valence-corrected chi connectivity index (χ4v) is 0.770. The van der Waals surface area contributed by atoms with E-state index < -0.39 is 0 Å². The van der Waals surface area contributed by atoms with E-state index in [0.29, 0.717) is 6.61 Å². The summed E-state index contributed by atoms with van der Waals surface area (Å²) in [5, 5.41) is 2.95. The molecule has 0 amide bonds. The van der Waals surface area contributed by atoms with Gasteiger partial charge in [-0.05, 0) is 26.0 Å². The molecule has 0 atom stereocenters. The Labute approximate surface area is 85.1 Å². The molecule has 0 aliphatic carbocycles. The zero-order valence-corrected chi connectivity index (χ0v) is 8.91. The highest BCUT2D eigenvalue weighted by Gasteiger charge is 1.93. The molecular formula is C11H17NO2. The molecule has 0 fully saturated rings. The van der Waals surface area contributed by atoms with Crippen molar-refractivity contribution in [2.24, 2.45) is 0 Å². The average Bonchev–Trinajstić information content (AvgIpc) is 2.19. The number of nitrogens with one attached hydrogen (secondary N) is 1. The van der Waals surface area contributed by atoms with Crippen molar-refractivity contribution in [2.75, 3.05) is 13.7 Å². The largest absolute Gasteiger partial charge is 0.463 e. The minimum Gasteiger partial charge on any atom is -0.463 e. The van der Waals surface area contributed by atoms with E-state index in [1.807, 2.05) is 25.2 Å². The van der Waals surface area contributed by atoms with Crippen molar-refractivity contribution in [3.05, 3.63) is 36.1 Å². The first-order valence-electron chi connectivity index (χ1n) is 4.60. The van der Waals surface area contributed by atoms with E-state index in [1.54, 1.807) is 20.0 Å². The number of carbonyl (C=O) groups is 1. The van der Waals surface area contributed by atoms with Gasteiger partial charge in [0.25, 0.3) is 0 Å². The Morgan fingerprint density at radius 2 is 2.14 bits per heavy atom. The Morgan fingerprint density at radius 3 is 2.64 bits per heavy atom. The Morgan fingerprint density at radius 1 is 1.43 bits per heavy atom. The minimum absolute atomic E-state index is 0.325. The number of likely N-dealkylation sites (N-methyl/N-ethyl adjacent to an activating group) is 1. The van der Waals surface area contributed by atoms with Crippen molar-refractivity contribution in [1.82, 2.24) is 5.32 Å². The van der Waals surface area contributed by atoms with Gasteiger partial charge in [0.1, 0.15) is 0 Å². The van der Waals surface area contributed by atoms with Gasteiger partial charge >= 0.3 is 5.97 Å². The molecule has 0 aliphatic rings. The second-order valence-electron chi connectivity index (χ2n) is 2.48. The van der Waals surface area contributed by atoms with Crippen LogP contribution >= 0.6 is 0 Å². The van der Waals surface area contributed by atoms with Crippen LogP contribution in [0.5, 0.6) is 0 Å². The molecule has 3 nitrogen and oxygen atoms in total. The first-order chi connectivity index (χ1) is 6.74. The number of ether oxygens (including phenoxy) is 1. The monoisotopic (exact) mass is 195 g/mol. The fraction of sp³-hybridized carbons (Fsp3) is 0.364. The van der Waals surface area contributed by atoms with Crippen molar-refractivity contribution < 1.29 is 9.53 Å². The lowest BCUT2D eigenvalue weighted by molar-refractivity contribution is -0.137. The molecule has 0 aromatic heterocycles. The second kappa shape index (κ2) is 8.10. The quantitative estimate of drug-likeness (QED) is 0.413. The van der Waals surface area contributed by atoms with E-state index in [1.165, 1.54) is 6.08 Å². The second-order valence-corrected chi connectivity index (χ2v) is 2.48. The zero-order valence-electron chi connectivity index (χ0n) is 8.91. The summed E-state index contributed by atoms with van der Waals surface area (Å²) >= 11 is 0. The molecule has 1 N–H and O–H groups in total. The number of hydrogen-bond donors (Lipinski definition) is 1. The van der Waals surface area contributed by atoms with Gasteiger partial charge in [0, 0.05) is 18.8 Å². The maximum atomic E-state index is 11.0. The van der Waals surface area contributed by atoms with Crippen LogP contribution in [0.1, 0.15) is 13.8 Å². The first kappa shape index (κ1) is 12.5. The molecule has 0 radical (unpaired) electrons. The summed E-state index contributed by atoms with van der Waals surface area (Å²) in [5.74, 6) is -0.325. The van der Waals surface area contributed by atoms with Crippen molar-refractivity contribution in [3.8, 4) is 0 Å². The molecule has 0 bridgehead atoms. The number of carbonyl (C=O) groups excluding carboxylic acids is 1. The molecule has 0 spiro atoms. The van der Waals surface area contributed by atoms with Crippen LogP contribution in [0.3, 0.4) is 0 Å². The summed E-state index contributed by atoms with van der Waals surface area (Å²) < 4.78 is 4.74. The van der Waals surface area contributed by atoms with Crippen LogP contribution < -0.4 is 5.32 Å². The molecular weight excluding hydrogens is 178 g/mol. The summed E-state index contributed by atoms with van der Waals surface area (Å²) in [6.45, 7) is 4.11. The van der Waals surface area contributed by atoms with Crippen molar-refractivity contribution in [1.29, 1.82) is 0 Å². The van der Waals surface area contributed by atoms with Crippen molar-refractivity contribution >= 4 is 5.97 Å². The topological polar surface area (TPSA) is 38.3 Å². The predicted molar refractivity (Wildman–Crippen MR) is 57.7 cm³/mol. The molecule has 0 rings (SSSR count). The fourth-order valence-electron chi connectivity index (χ4n) is 0.770. The third kappa shape index (κ3) is 6.06. The summed E-state index contributed by atoms with van der Waals surface area (Å²) in [4.78, 5) is 11.0.